The van der Waals surface area contributed by atoms with Crippen LogP contribution in [0.1, 0.15) is 42.5 Å². The molecule has 0 aromatic heterocycles. The van der Waals surface area contributed by atoms with Crippen molar-refractivity contribution in [1.82, 2.24) is 20.4 Å². The summed E-state index contributed by atoms with van der Waals surface area (Å²) in [5.41, 5.74) is -0.108. The molecule has 3 amide bonds. The molecule has 1 aromatic carbocycles. The molecule has 178 valence electrons. The van der Waals surface area contributed by atoms with Gasteiger partial charge in [0, 0.05) is 32.7 Å². The maximum absolute atomic E-state index is 13.3. The summed E-state index contributed by atoms with van der Waals surface area (Å²) in [6, 6.07) is 7.16. The van der Waals surface area contributed by atoms with Crippen molar-refractivity contribution in [1.29, 1.82) is 0 Å². The van der Waals surface area contributed by atoms with Crippen molar-refractivity contribution in [3.63, 3.8) is 0 Å². The van der Waals surface area contributed by atoms with E-state index >= 15 is 0 Å². The lowest BCUT2D eigenvalue weighted by Gasteiger charge is -2.41. The molecule has 2 N–H and O–H groups in total. The van der Waals surface area contributed by atoms with Gasteiger partial charge in [0.15, 0.2) is 0 Å². The van der Waals surface area contributed by atoms with Crippen molar-refractivity contribution >= 4 is 17.7 Å². The van der Waals surface area contributed by atoms with Crippen LogP contribution < -0.4 is 15.4 Å². The molecule has 3 aliphatic heterocycles. The molecule has 1 spiro atoms. The van der Waals surface area contributed by atoms with Gasteiger partial charge in [-0.3, -0.25) is 19.3 Å². The molecule has 0 bridgehead atoms. The predicted octanol–water partition coefficient (Wildman–Crippen LogP) is 1.58. The maximum atomic E-state index is 13.3. The highest BCUT2D eigenvalue weighted by atomic mass is 16.5. The van der Waals surface area contributed by atoms with Gasteiger partial charge in [0.2, 0.25) is 11.8 Å². The highest BCUT2D eigenvalue weighted by Crippen LogP contribution is 2.34. The molecule has 3 heterocycles. The average Bonchev–Trinajstić information content (AvgIpc) is 3.37. The van der Waals surface area contributed by atoms with Crippen molar-refractivity contribution in [3.8, 4) is 5.75 Å². The highest BCUT2D eigenvalue weighted by molar-refractivity contribution is 5.97. The summed E-state index contributed by atoms with van der Waals surface area (Å²) in [7, 11) is 0. The third-order valence-corrected chi connectivity index (χ3v) is 6.79. The van der Waals surface area contributed by atoms with E-state index in [1.165, 1.54) is 0 Å². The Hall–Kier alpha value is -2.87. The molecule has 1 atom stereocenters. The van der Waals surface area contributed by atoms with Crippen LogP contribution in [-0.2, 0) is 9.59 Å². The van der Waals surface area contributed by atoms with E-state index in [9.17, 15) is 14.4 Å². The number of nitrogens with zero attached hydrogens (tertiary/aromatic N) is 2. The van der Waals surface area contributed by atoms with Crippen LogP contribution in [0.25, 0.3) is 0 Å². The first-order chi connectivity index (χ1) is 16.1. The quantitative estimate of drug-likeness (QED) is 0.662. The van der Waals surface area contributed by atoms with Crippen molar-refractivity contribution in [2.24, 2.45) is 5.41 Å². The lowest BCUT2D eigenvalue weighted by Crippen LogP contribution is -2.54. The molecular formula is C25H34N4O4. The summed E-state index contributed by atoms with van der Waals surface area (Å²) >= 11 is 0. The summed E-state index contributed by atoms with van der Waals surface area (Å²) in [5, 5.41) is 5.89. The van der Waals surface area contributed by atoms with Crippen LogP contribution in [0, 0.1) is 5.41 Å². The monoisotopic (exact) mass is 454 g/mol. The third-order valence-electron chi connectivity index (χ3n) is 6.79. The normalized spacial score (nSPS) is 26.0. The highest BCUT2D eigenvalue weighted by Gasteiger charge is 2.41. The van der Waals surface area contributed by atoms with Crippen molar-refractivity contribution in [2.75, 3.05) is 52.4 Å². The fourth-order valence-electron chi connectivity index (χ4n) is 4.99. The summed E-state index contributed by atoms with van der Waals surface area (Å²) in [6.07, 6.45) is 8.29. The fraction of sp³-hybridized carbons (Fsp3) is 0.560. The average molecular weight is 455 g/mol. The first-order valence-electron chi connectivity index (χ1n) is 12.0. The minimum Gasteiger partial charge on any atom is -0.489 e. The molecule has 0 saturated carbocycles. The van der Waals surface area contributed by atoms with Crippen LogP contribution in [0.15, 0.2) is 36.4 Å². The van der Waals surface area contributed by atoms with Gasteiger partial charge < -0.3 is 20.3 Å². The Morgan fingerprint density at radius 3 is 2.64 bits per heavy atom. The molecule has 8 heteroatoms. The van der Waals surface area contributed by atoms with Gasteiger partial charge in [0.1, 0.15) is 12.4 Å². The zero-order valence-electron chi connectivity index (χ0n) is 19.2. The Balaban J connectivity index is 1.45. The van der Waals surface area contributed by atoms with E-state index in [0.29, 0.717) is 50.5 Å². The number of hydrogen-bond donors (Lipinski definition) is 2. The smallest absolute Gasteiger partial charge is 0.255 e. The maximum Gasteiger partial charge on any atom is 0.255 e. The second-order valence-electron chi connectivity index (χ2n) is 9.18. The van der Waals surface area contributed by atoms with Crippen molar-refractivity contribution < 1.29 is 19.1 Å². The molecule has 3 aliphatic rings. The fourth-order valence-corrected chi connectivity index (χ4v) is 4.99. The van der Waals surface area contributed by atoms with Crippen LogP contribution in [0.3, 0.4) is 0 Å². The van der Waals surface area contributed by atoms with Crippen LogP contribution in [0.4, 0.5) is 0 Å². The topological polar surface area (TPSA) is 91.0 Å². The molecule has 1 aromatic rings. The summed E-state index contributed by atoms with van der Waals surface area (Å²) < 4.78 is 5.83. The SMILES string of the molecule is O=C1NCCNC(=O)C2(C/C=C\COc3ccccc31)CCCN(CC(=O)N1CCCC1)C2. The number of likely N-dealkylation sites (tertiary alicyclic amines) is 2. The molecule has 33 heavy (non-hydrogen) atoms. The van der Waals surface area contributed by atoms with E-state index in [-0.39, 0.29) is 17.7 Å². The van der Waals surface area contributed by atoms with E-state index < -0.39 is 5.41 Å². The molecule has 1 unspecified atom stereocenters. The number of benzene rings is 1. The largest absolute Gasteiger partial charge is 0.489 e. The number of rotatable bonds is 2. The number of nitrogens with one attached hydrogen (secondary N) is 2. The van der Waals surface area contributed by atoms with E-state index in [1.54, 1.807) is 18.2 Å². The van der Waals surface area contributed by atoms with E-state index in [1.807, 2.05) is 23.1 Å². The van der Waals surface area contributed by atoms with Gasteiger partial charge in [-0.25, -0.2) is 0 Å². The number of para-hydroxylation sites is 1. The first kappa shape index (κ1) is 23.3. The minimum absolute atomic E-state index is 0.0156. The molecule has 0 radical (unpaired) electrons. The molecule has 8 nitrogen and oxygen atoms in total. The lowest BCUT2D eigenvalue weighted by molar-refractivity contribution is -0.138. The van der Waals surface area contributed by atoms with E-state index in [4.69, 9.17) is 4.74 Å². The number of piperidine rings is 1. The van der Waals surface area contributed by atoms with Gasteiger partial charge in [-0.15, -0.1) is 0 Å². The van der Waals surface area contributed by atoms with Gasteiger partial charge in [0.25, 0.3) is 5.91 Å². The minimum atomic E-state index is -0.591. The Morgan fingerprint density at radius 2 is 1.79 bits per heavy atom. The Kier molecular flexibility index (Phi) is 7.65. The van der Waals surface area contributed by atoms with Crippen molar-refractivity contribution in [3.05, 3.63) is 42.0 Å². The van der Waals surface area contributed by atoms with Gasteiger partial charge in [0.05, 0.1) is 17.5 Å². The van der Waals surface area contributed by atoms with Gasteiger partial charge in [-0.05, 0) is 50.8 Å². The van der Waals surface area contributed by atoms with Crippen LogP contribution in [0.5, 0.6) is 5.75 Å². The number of allylic oxidation sites excluding steroid dienone is 1. The standard InChI is InChI=1S/C25H34N4O4/c30-22(29-15-4-5-16-29)18-28-14-7-11-25(19-28)10-3-6-17-33-21-9-2-1-8-20(21)23(31)26-12-13-27-24(25)32/h1-3,6,8-9H,4-5,7,10-19H2,(H,26,31)(H,27,32)/b6-3-. The van der Waals surface area contributed by atoms with Crippen LogP contribution in [0.2, 0.25) is 0 Å². The lowest BCUT2D eigenvalue weighted by atomic mass is 9.76. The van der Waals surface area contributed by atoms with E-state index in [2.05, 4.69) is 15.5 Å². The third kappa shape index (κ3) is 5.74. The number of amides is 3. The number of carbonyl (C=O) groups excluding carboxylic acids is 3. The van der Waals surface area contributed by atoms with E-state index in [0.717, 1.165) is 45.3 Å². The molecule has 4 rings (SSSR count). The molecule has 2 fully saturated rings. The molecular weight excluding hydrogens is 420 g/mol. The predicted molar refractivity (Wildman–Crippen MR) is 125 cm³/mol. The van der Waals surface area contributed by atoms with Gasteiger partial charge >= 0.3 is 0 Å². The Bertz CT molecular complexity index is 896. The first-order valence-corrected chi connectivity index (χ1v) is 12.0. The van der Waals surface area contributed by atoms with Crippen LogP contribution in [-0.4, -0.2) is 79.9 Å². The molecule has 2 saturated heterocycles. The van der Waals surface area contributed by atoms with Gasteiger partial charge in [-0.2, -0.15) is 0 Å². The number of ether oxygens (including phenoxy) is 1. The summed E-state index contributed by atoms with van der Waals surface area (Å²) in [4.78, 5) is 42.6. The Morgan fingerprint density at radius 1 is 1.00 bits per heavy atom. The second kappa shape index (κ2) is 10.8. The second-order valence-corrected chi connectivity index (χ2v) is 9.18. The zero-order chi connectivity index (χ0) is 23.1. The number of fused-ring (bicyclic) bond motifs is 1. The Labute approximate surface area is 195 Å². The molecule has 0 aliphatic carbocycles. The van der Waals surface area contributed by atoms with Crippen molar-refractivity contribution in [2.45, 2.75) is 32.1 Å². The number of carbonyl (C=O) groups is 3. The van der Waals surface area contributed by atoms with Gasteiger partial charge in [-0.1, -0.05) is 24.3 Å². The number of hydrogen-bond acceptors (Lipinski definition) is 5. The zero-order valence-corrected chi connectivity index (χ0v) is 19.2. The summed E-state index contributed by atoms with van der Waals surface area (Å²) in [6.45, 7) is 4.44. The van der Waals surface area contributed by atoms with Crippen LogP contribution >= 0.6 is 0 Å². The summed E-state index contributed by atoms with van der Waals surface area (Å²) in [5.74, 6) is 0.467.